The van der Waals surface area contributed by atoms with Gasteiger partial charge in [-0.1, -0.05) is 22.0 Å². The monoisotopic (exact) mass is 476 g/mol. The number of rotatable bonds is 8. The van der Waals surface area contributed by atoms with Crippen molar-refractivity contribution in [1.82, 2.24) is 9.80 Å². The number of hydrogen-bond donors (Lipinski definition) is 0. The molecule has 0 N–H and O–H groups in total. The summed E-state index contributed by atoms with van der Waals surface area (Å²) in [6.45, 7) is 3.92. The van der Waals surface area contributed by atoms with Crippen LogP contribution in [0, 0.1) is 0 Å². The molecule has 2 aromatic carbocycles. The minimum absolute atomic E-state index is 0.00469. The second-order valence-electron chi connectivity index (χ2n) is 6.95. The molecule has 1 saturated heterocycles. The van der Waals surface area contributed by atoms with Gasteiger partial charge in [0.2, 0.25) is 0 Å². The van der Waals surface area contributed by atoms with Gasteiger partial charge in [0, 0.05) is 30.2 Å². The Kier molecular flexibility index (Phi) is 7.20. The molecule has 1 aliphatic rings. The Morgan fingerprint density at radius 1 is 1.10 bits per heavy atom. The fourth-order valence-electron chi connectivity index (χ4n) is 3.23. The molecule has 7 nitrogen and oxygen atoms in total. The van der Waals surface area contributed by atoms with Gasteiger partial charge in [-0.15, -0.1) is 0 Å². The predicted molar refractivity (Wildman–Crippen MR) is 116 cm³/mol. The van der Waals surface area contributed by atoms with Crippen molar-refractivity contribution >= 4 is 27.9 Å². The second kappa shape index (κ2) is 9.84. The minimum atomic E-state index is -0.297. The van der Waals surface area contributed by atoms with Crippen molar-refractivity contribution in [2.75, 3.05) is 33.9 Å². The third kappa shape index (κ3) is 5.24. The standard InChI is InChI=1S/C22H25BrN2O5/c1-4-29-21(26)12-15-5-7-19(28-3)20(11-15)30-18-8-6-17(23)13-16(18)14-25-10-9-24(2)22(25)27/h5-8,11,13H,4,9-10,12,14H2,1-3H3. The number of carbonyl (C=O) groups is 2. The highest BCUT2D eigenvalue weighted by atomic mass is 79.9. The molecule has 0 spiro atoms. The maximum absolute atomic E-state index is 12.3. The van der Waals surface area contributed by atoms with Crippen molar-refractivity contribution in [3.63, 3.8) is 0 Å². The van der Waals surface area contributed by atoms with Crippen LogP contribution in [0.4, 0.5) is 4.79 Å². The van der Waals surface area contributed by atoms with Gasteiger partial charge in [0.25, 0.3) is 0 Å². The Bertz CT molecular complexity index is 934. The Hall–Kier alpha value is -2.74. The molecule has 160 valence electrons. The van der Waals surface area contributed by atoms with E-state index in [9.17, 15) is 9.59 Å². The van der Waals surface area contributed by atoms with E-state index in [0.29, 0.717) is 43.5 Å². The molecule has 0 bridgehead atoms. The highest BCUT2D eigenvalue weighted by molar-refractivity contribution is 9.10. The summed E-state index contributed by atoms with van der Waals surface area (Å²) in [4.78, 5) is 27.6. The first kappa shape index (κ1) is 22.0. The minimum Gasteiger partial charge on any atom is -0.493 e. The maximum Gasteiger partial charge on any atom is 0.320 e. The van der Waals surface area contributed by atoms with E-state index in [-0.39, 0.29) is 18.4 Å². The van der Waals surface area contributed by atoms with Crippen molar-refractivity contribution in [2.24, 2.45) is 0 Å². The Balaban J connectivity index is 1.86. The van der Waals surface area contributed by atoms with Crippen molar-refractivity contribution in [2.45, 2.75) is 19.9 Å². The number of carbonyl (C=O) groups excluding carboxylic acids is 2. The average Bonchev–Trinajstić information content (AvgIpc) is 3.02. The zero-order valence-corrected chi connectivity index (χ0v) is 18.9. The lowest BCUT2D eigenvalue weighted by molar-refractivity contribution is -0.142. The van der Waals surface area contributed by atoms with Gasteiger partial charge >= 0.3 is 12.0 Å². The van der Waals surface area contributed by atoms with E-state index >= 15 is 0 Å². The molecular weight excluding hydrogens is 452 g/mol. The van der Waals surface area contributed by atoms with Crippen LogP contribution in [-0.4, -0.2) is 55.7 Å². The molecule has 0 aliphatic carbocycles. The highest BCUT2D eigenvalue weighted by Gasteiger charge is 2.26. The summed E-state index contributed by atoms with van der Waals surface area (Å²) in [7, 11) is 3.36. The van der Waals surface area contributed by atoms with Gasteiger partial charge in [-0.25, -0.2) is 4.79 Å². The van der Waals surface area contributed by atoms with Gasteiger partial charge in [0.1, 0.15) is 5.75 Å². The Morgan fingerprint density at radius 3 is 2.53 bits per heavy atom. The molecule has 30 heavy (non-hydrogen) atoms. The van der Waals surface area contributed by atoms with E-state index in [1.807, 2.05) is 24.3 Å². The van der Waals surface area contributed by atoms with E-state index in [1.54, 1.807) is 43.0 Å². The summed E-state index contributed by atoms with van der Waals surface area (Å²) < 4.78 is 17.5. The molecule has 2 aromatic rings. The van der Waals surface area contributed by atoms with E-state index in [4.69, 9.17) is 14.2 Å². The van der Waals surface area contributed by atoms with E-state index < -0.39 is 0 Å². The molecule has 0 atom stereocenters. The summed E-state index contributed by atoms with van der Waals surface area (Å²) >= 11 is 3.49. The number of likely N-dealkylation sites (N-methyl/N-ethyl adjacent to an activating group) is 1. The molecule has 0 saturated carbocycles. The first-order valence-corrected chi connectivity index (χ1v) is 10.5. The van der Waals surface area contributed by atoms with Crippen molar-refractivity contribution in [3.05, 3.63) is 52.0 Å². The molecule has 1 aliphatic heterocycles. The lowest BCUT2D eigenvalue weighted by Gasteiger charge is -2.19. The van der Waals surface area contributed by atoms with Crippen LogP contribution < -0.4 is 9.47 Å². The third-order valence-corrected chi connectivity index (χ3v) is 5.28. The summed E-state index contributed by atoms with van der Waals surface area (Å²) in [5.74, 6) is 1.36. The van der Waals surface area contributed by atoms with Gasteiger partial charge in [-0.05, 0) is 42.8 Å². The molecule has 1 fully saturated rings. The van der Waals surface area contributed by atoms with Crippen molar-refractivity contribution < 1.29 is 23.8 Å². The van der Waals surface area contributed by atoms with Crippen molar-refractivity contribution in [3.8, 4) is 17.2 Å². The lowest BCUT2D eigenvalue weighted by atomic mass is 10.1. The topological polar surface area (TPSA) is 68.3 Å². The molecule has 8 heteroatoms. The number of urea groups is 1. The maximum atomic E-state index is 12.3. The normalized spacial score (nSPS) is 13.5. The van der Waals surface area contributed by atoms with Gasteiger partial charge in [-0.3, -0.25) is 4.79 Å². The van der Waals surface area contributed by atoms with Crippen molar-refractivity contribution in [1.29, 1.82) is 0 Å². The van der Waals surface area contributed by atoms with Gasteiger partial charge in [0.05, 0.1) is 26.7 Å². The van der Waals surface area contributed by atoms with Crippen LogP contribution in [0.15, 0.2) is 40.9 Å². The van der Waals surface area contributed by atoms with E-state index in [1.165, 1.54) is 0 Å². The molecule has 0 unspecified atom stereocenters. The number of amides is 2. The molecular formula is C22H25BrN2O5. The number of esters is 1. The van der Waals surface area contributed by atoms with Crippen LogP contribution in [0.5, 0.6) is 17.2 Å². The molecule has 0 radical (unpaired) electrons. The molecule has 1 heterocycles. The van der Waals surface area contributed by atoms with Crippen LogP contribution in [0.1, 0.15) is 18.1 Å². The van der Waals surface area contributed by atoms with Gasteiger partial charge < -0.3 is 24.0 Å². The smallest absolute Gasteiger partial charge is 0.320 e. The predicted octanol–water partition coefficient (Wildman–Crippen LogP) is 4.22. The second-order valence-corrected chi connectivity index (χ2v) is 7.86. The lowest BCUT2D eigenvalue weighted by Crippen LogP contribution is -2.29. The number of benzene rings is 2. The summed E-state index contributed by atoms with van der Waals surface area (Å²) in [5, 5.41) is 0. The zero-order valence-electron chi connectivity index (χ0n) is 17.3. The Morgan fingerprint density at radius 2 is 1.87 bits per heavy atom. The quantitative estimate of drug-likeness (QED) is 0.533. The fourth-order valence-corrected chi connectivity index (χ4v) is 3.64. The molecule has 2 amide bonds. The van der Waals surface area contributed by atoms with E-state index in [0.717, 1.165) is 15.6 Å². The molecule has 3 rings (SSSR count). The highest BCUT2D eigenvalue weighted by Crippen LogP contribution is 2.36. The Labute approximate surface area is 184 Å². The summed E-state index contributed by atoms with van der Waals surface area (Å²) in [5.41, 5.74) is 1.63. The van der Waals surface area contributed by atoms with Gasteiger partial charge in [-0.2, -0.15) is 0 Å². The van der Waals surface area contributed by atoms with Crippen LogP contribution >= 0.6 is 15.9 Å². The zero-order chi connectivity index (χ0) is 21.7. The summed E-state index contributed by atoms with van der Waals surface area (Å²) in [6, 6.07) is 11.0. The summed E-state index contributed by atoms with van der Waals surface area (Å²) in [6.07, 6.45) is 0.149. The largest absolute Gasteiger partial charge is 0.493 e. The van der Waals surface area contributed by atoms with Crippen LogP contribution in [0.2, 0.25) is 0 Å². The number of halogens is 1. The molecule has 0 aromatic heterocycles. The average molecular weight is 477 g/mol. The van der Waals surface area contributed by atoms with Crippen LogP contribution in [0.3, 0.4) is 0 Å². The first-order chi connectivity index (χ1) is 14.4. The SMILES string of the molecule is CCOC(=O)Cc1ccc(OC)c(Oc2ccc(Br)cc2CN2CCN(C)C2=O)c1. The van der Waals surface area contributed by atoms with Crippen LogP contribution in [-0.2, 0) is 22.5 Å². The number of methoxy groups -OCH3 is 1. The first-order valence-electron chi connectivity index (χ1n) is 9.70. The number of ether oxygens (including phenoxy) is 3. The number of hydrogen-bond acceptors (Lipinski definition) is 5. The van der Waals surface area contributed by atoms with E-state index in [2.05, 4.69) is 15.9 Å². The fraction of sp³-hybridized carbons (Fsp3) is 0.364. The van der Waals surface area contributed by atoms with Gasteiger partial charge in [0.15, 0.2) is 11.5 Å². The number of nitrogens with zero attached hydrogens (tertiary/aromatic N) is 2. The third-order valence-electron chi connectivity index (χ3n) is 4.79. The van der Waals surface area contributed by atoms with Crippen LogP contribution in [0.25, 0.3) is 0 Å².